The van der Waals surface area contributed by atoms with Crippen LogP contribution in [-0.2, 0) is 16.0 Å². The first-order chi connectivity index (χ1) is 13.6. The molecular weight excluding hydrogens is 382 g/mol. The molecule has 0 aliphatic carbocycles. The van der Waals surface area contributed by atoms with Crippen molar-refractivity contribution in [1.29, 1.82) is 0 Å². The highest BCUT2D eigenvalue weighted by Crippen LogP contribution is 2.30. The molecule has 28 heavy (non-hydrogen) atoms. The number of para-hydroxylation sites is 1. The van der Waals surface area contributed by atoms with Crippen LogP contribution in [0.5, 0.6) is 0 Å². The average Bonchev–Trinajstić information content (AvgIpc) is 3.36. The molecule has 3 aromatic rings. The third-order valence-electron chi connectivity index (χ3n) is 4.84. The van der Waals surface area contributed by atoms with Gasteiger partial charge < -0.3 is 4.74 Å². The van der Waals surface area contributed by atoms with Gasteiger partial charge in [-0.05, 0) is 49.1 Å². The molecule has 4 rings (SSSR count). The van der Waals surface area contributed by atoms with Crippen molar-refractivity contribution < 1.29 is 18.3 Å². The Morgan fingerprint density at radius 2 is 2.07 bits per heavy atom. The second-order valence-corrected chi connectivity index (χ2v) is 7.86. The van der Waals surface area contributed by atoms with E-state index in [1.807, 2.05) is 24.3 Å². The molecule has 0 radical (unpaired) electrons. The molecule has 1 saturated heterocycles. The molecule has 1 fully saturated rings. The van der Waals surface area contributed by atoms with Gasteiger partial charge in [0.15, 0.2) is 16.8 Å². The van der Waals surface area contributed by atoms with E-state index in [0.717, 1.165) is 35.2 Å². The summed E-state index contributed by atoms with van der Waals surface area (Å²) in [7, 11) is 0. The Balaban J connectivity index is 1.53. The molecule has 4 nitrogen and oxygen atoms in total. The van der Waals surface area contributed by atoms with Crippen molar-refractivity contribution in [1.82, 2.24) is 4.98 Å². The molecule has 1 aliphatic rings. The number of aromatic nitrogens is 1. The van der Waals surface area contributed by atoms with E-state index in [1.54, 1.807) is 4.90 Å². The lowest BCUT2D eigenvalue weighted by Crippen LogP contribution is -2.37. The van der Waals surface area contributed by atoms with Crippen molar-refractivity contribution in [2.24, 2.45) is 0 Å². The van der Waals surface area contributed by atoms with Crippen LogP contribution in [-0.4, -0.2) is 30.1 Å². The van der Waals surface area contributed by atoms with Gasteiger partial charge in [-0.3, -0.25) is 9.69 Å². The number of amides is 1. The van der Waals surface area contributed by atoms with Gasteiger partial charge in [-0.1, -0.05) is 29.5 Å². The highest BCUT2D eigenvalue weighted by Gasteiger charge is 2.26. The van der Waals surface area contributed by atoms with Crippen molar-refractivity contribution in [3.05, 3.63) is 59.7 Å². The number of hydrogen-bond acceptors (Lipinski definition) is 4. The fourth-order valence-corrected chi connectivity index (χ4v) is 4.33. The molecule has 2 heterocycles. The Bertz CT molecular complexity index is 952. The molecule has 1 aromatic heterocycles. The topological polar surface area (TPSA) is 42.4 Å². The zero-order valence-electron chi connectivity index (χ0n) is 15.2. The van der Waals surface area contributed by atoms with E-state index in [2.05, 4.69) is 4.98 Å². The van der Waals surface area contributed by atoms with Crippen LogP contribution >= 0.6 is 11.3 Å². The van der Waals surface area contributed by atoms with Crippen LogP contribution in [0, 0.1) is 11.6 Å². The molecule has 0 bridgehead atoms. The number of benzene rings is 2. The van der Waals surface area contributed by atoms with Gasteiger partial charge in [-0.25, -0.2) is 13.8 Å². The maximum Gasteiger partial charge on any atom is 0.229 e. The Morgan fingerprint density at radius 3 is 2.82 bits per heavy atom. The Hall–Kier alpha value is -2.38. The van der Waals surface area contributed by atoms with E-state index in [9.17, 15) is 13.6 Å². The second-order valence-electron chi connectivity index (χ2n) is 6.85. The van der Waals surface area contributed by atoms with Crippen molar-refractivity contribution in [2.75, 3.05) is 18.1 Å². The normalized spacial score (nSPS) is 16.6. The first-order valence-electron chi connectivity index (χ1n) is 9.31. The van der Waals surface area contributed by atoms with Crippen molar-refractivity contribution in [3.63, 3.8) is 0 Å². The van der Waals surface area contributed by atoms with E-state index in [1.165, 1.54) is 17.4 Å². The molecule has 0 spiro atoms. The predicted molar refractivity (Wildman–Crippen MR) is 106 cm³/mol. The predicted octanol–water partition coefficient (Wildman–Crippen LogP) is 4.72. The van der Waals surface area contributed by atoms with Gasteiger partial charge in [0, 0.05) is 13.0 Å². The molecule has 0 N–H and O–H groups in total. The van der Waals surface area contributed by atoms with Gasteiger partial charge in [0.1, 0.15) is 0 Å². The van der Waals surface area contributed by atoms with Gasteiger partial charge in [0.25, 0.3) is 0 Å². The fraction of sp³-hybridized carbons (Fsp3) is 0.333. The molecule has 1 aliphatic heterocycles. The molecule has 1 unspecified atom stereocenters. The maximum absolute atomic E-state index is 13.4. The first kappa shape index (κ1) is 19.0. The first-order valence-corrected chi connectivity index (χ1v) is 10.1. The summed E-state index contributed by atoms with van der Waals surface area (Å²) in [4.78, 5) is 19.3. The van der Waals surface area contributed by atoms with Crippen molar-refractivity contribution >= 4 is 32.6 Å². The quantitative estimate of drug-likeness (QED) is 0.599. The zero-order valence-corrected chi connectivity index (χ0v) is 16.1. The minimum Gasteiger partial charge on any atom is -0.376 e. The van der Waals surface area contributed by atoms with Gasteiger partial charge >= 0.3 is 0 Å². The average molecular weight is 402 g/mol. The van der Waals surface area contributed by atoms with Crippen molar-refractivity contribution in [3.8, 4) is 0 Å². The van der Waals surface area contributed by atoms with Crippen LogP contribution in [0.4, 0.5) is 13.9 Å². The van der Waals surface area contributed by atoms with E-state index < -0.39 is 11.6 Å². The van der Waals surface area contributed by atoms with E-state index in [0.29, 0.717) is 30.3 Å². The molecule has 7 heteroatoms. The van der Waals surface area contributed by atoms with E-state index >= 15 is 0 Å². The Labute approximate surface area is 165 Å². The summed E-state index contributed by atoms with van der Waals surface area (Å²) in [5, 5.41) is 0.645. The van der Waals surface area contributed by atoms with Gasteiger partial charge in [-0.2, -0.15) is 0 Å². The number of carbonyl (C=O) groups is 1. The number of ether oxygens (including phenoxy) is 1. The monoisotopic (exact) mass is 402 g/mol. The summed E-state index contributed by atoms with van der Waals surface area (Å²) in [6.07, 6.45) is 2.43. The van der Waals surface area contributed by atoms with Crippen molar-refractivity contribution in [2.45, 2.75) is 31.8 Å². The molecule has 2 aromatic carbocycles. The zero-order chi connectivity index (χ0) is 19.5. The highest BCUT2D eigenvalue weighted by atomic mass is 32.1. The SMILES string of the molecule is O=C(CCc1ccc(F)c(F)c1)N(CC1CCCO1)c1nc2ccccc2s1. The number of aryl methyl sites for hydroxylation is 1. The van der Waals surface area contributed by atoms with Gasteiger partial charge in [-0.15, -0.1) is 0 Å². The molecule has 146 valence electrons. The summed E-state index contributed by atoms with van der Waals surface area (Å²) in [6, 6.07) is 11.5. The number of carbonyl (C=O) groups excluding carboxylic acids is 1. The molecule has 0 saturated carbocycles. The summed E-state index contributed by atoms with van der Waals surface area (Å²) < 4.78 is 33.3. The van der Waals surface area contributed by atoms with Crippen LogP contribution in [0.1, 0.15) is 24.8 Å². The minimum atomic E-state index is -0.896. The van der Waals surface area contributed by atoms with Crippen LogP contribution in [0.25, 0.3) is 10.2 Å². The number of fused-ring (bicyclic) bond motifs is 1. The lowest BCUT2D eigenvalue weighted by atomic mass is 10.1. The minimum absolute atomic E-state index is 0.000715. The number of hydrogen-bond donors (Lipinski definition) is 0. The number of nitrogens with zero attached hydrogens (tertiary/aromatic N) is 2. The van der Waals surface area contributed by atoms with Crippen LogP contribution in [0.3, 0.4) is 0 Å². The van der Waals surface area contributed by atoms with Crippen LogP contribution < -0.4 is 4.90 Å². The van der Waals surface area contributed by atoms with Gasteiger partial charge in [0.2, 0.25) is 5.91 Å². The van der Waals surface area contributed by atoms with E-state index in [4.69, 9.17) is 4.74 Å². The third-order valence-corrected chi connectivity index (χ3v) is 5.90. The summed E-state index contributed by atoms with van der Waals surface area (Å²) in [6.45, 7) is 1.16. The maximum atomic E-state index is 13.4. The Morgan fingerprint density at radius 1 is 1.21 bits per heavy atom. The van der Waals surface area contributed by atoms with Gasteiger partial charge in [0.05, 0.1) is 22.9 Å². The summed E-state index contributed by atoms with van der Waals surface area (Å²) >= 11 is 1.47. The largest absolute Gasteiger partial charge is 0.376 e. The molecular formula is C21H20F2N2O2S. The smallest absolute Gasteiger partial charge is 0.229 e. The number of halogens is 2. The third kappa shape index (κ3) is 4.20. The number of thiazole rings is 1. The number of rotatable bonds is 6. The summed E-state index contributed by atoms with van der Waals surface area (Å²) in [5.41, 5.74) is 1.45. The molecule has 1 amide bonds. The number of anilines is 1. The fourth-order valence-electron chi connectivity index (χ4n) is 3.34. The lowest BCUT2D eigenvalue weighted by molar-refractivity contribution is -0.119. The second kappa shape index (κ2) is 8.32. The highest BCUT2D eigenvalue weighted by molar-refractivity contribution is 7.22. The standard InChI is InChI=1S/C21H20F2N2O2S/c22-16-9-7-14(12-17(16)23)8-10-20(26)25(13-15-4-3-11-27-15)21-24-18-5-1-2-6-19(18)28-21/h1-2,5-7,9,12,15H,3-4,8,10-11,13H2. The van der Waals surface area contributed by atoms with E-state index in [-0.39, 0.29) is 18.4 Å². The summed E-state index contributed by atoms with van der Waals surface area (Å²) in [5.74, 6) is -1.88. The van der Waals surface area contributed by atoms with Crippen LogP contribution in [0.2, 0.25) is 0 Å². The van der Waals surface area contributed by atoms with Crippen LogP contribution in [0.15, 0.2) is 42.5 Å². The lowest BCUT2D eigenvalue weighted by Gasteiger charge is -2.23. The molecule has 1 atom stereocenters. The Kier molecular flexibility index (Phi) is 5.64.